The number of Topliss-reactive ketones (excluding diaryl/α,β-unsaturated/α-hetero) is 1. The van der Waals surface area contributed by atoms with Gasteiger partial charge in [0.05, 0.1) is 5.41 Å². The number of nitrogens with one attached hydrogen (secondary N) is 1. The van der Waals surface area contributed by atoms with Crippen LogP contribution in [0, 0.1) is 23.1 Å². The highest BCUT2D eigenvalue weighted by molar-refractivity contribution is 5.87. The second-order valence-electron chi connectivity index (χ2n) is 11.2. The predicted molar refractivity (Wildman–Crippen MR) is 140 cm³/mol. The van der Waals surface area contributed by atoms with Crippen LogP contribution in [0.15, 0.2) is 54.6 Å². The lowest BCUT2D eigenvalue weighted by Crippen LogP contribution is -2.47. The van der Waals surface area contributed by atoms with E-state index in [2.05, 4.69) is 29.3 Å². The molecular weight excluding hydrogens is 528 g/mol. The fourth-order valence-electron chi connectivity index (χ4n) is 6.19. The molecule has 1 spiro atoms. The first-order chi connectivity index (χ1) is 18.9. The van der Waals surface area contributed by atoms with Gasteiger partial charge in [-0.2, -0.15) is 13.2 Å². The maximum Gasteiger partial charge on any atom is 0.490 e. The number of carbonyl (C=O) groups excluding carboxylic acids is 2. The van der Waals surface area contributed by atoms with Crippen molar-refractivity contribution in [1.29, 1.82) is 0 Å². The Bertz CT molecular complexity index is 1190. The first-order valence-corrected chi connectivity index (χ1v) is 13.5. The fourth-order valence-corrected chi connectivity index (χ4v) is 6.19. The molecule has 5 rings (SSSR count). The van der Waals surface area contributed by atoms with Crippen molar-refractivity contribution in [2.45, 2.75) is 50.6 Å². The van der Waals surface area contributed by atoms with E-state index in [0.717, 1.165) is 44.5 Å². The van der Waals surface area contributed by atoms with E-state index >= 15 is 0 Å². The SMILES string of the molecule is C[C@H](CC(=O)C1C[C@H]1c1ccccc1)CN1CCC2(CC1)C(=O)NCC2c1ccc(F)cc1.O=C(O)C(F)(F)F. The molecule has 40 heavy (non-hydrogen) atoms. The zero-order valence-corrected chi connectivity index (χ0v) is 22.3. The zero-order chi connectivity index (χ0) is 29.1. The van der Waals surface area contributed by atoms with Gasteiger partial charge in [0.2, 0.25) is 5.91 Å². The number of likely N-dealkylation sites (tertiary alicyclic amines) is 1. The number of rotatable bonds is 7. The molecule has 0 radical (unpaired) electrons. The molecule has 4 atom stereocenters. The molecule has 2 N–H and O–H groups in total. The monoisotopic (exact) mass is 562 g/mol. The van der Waals surface area contributed by atoms with Crippen LogP contribution in [0.25, 0.3) is 0 Å². The van der Waals surface area contributed by atoms with Crippen molar-refractivity contribution in [2.75, 3.05) is 26.2 Å². The summed E-state index contributed by atoms with van der Waals surface area (Å²) in [5.41, 5.74) is 1.93. The minimum absolute atomic E-state index is 0.0940. The Kier molecular flexibility index (Phi) is 8.97. The average Bonchev–Trinajstić information content (AvgIpc) is 3.66. The van der Waals surface area contributed by atoms with Gasteiger partial charge in [-0.3, -0.25) is 9.59 Å². The lowest BCUT2D eigenvalue weighted by Gasteiger charge is -2.41. The molecule has 2 heterocycles. The van der Waals surface area contributed by atoms with Crippen molar-refractivity contribution < 1.29 is 37.1 Å². The Balaban J connectivity index is 0.000000470. The summed E-state index contributed by atoms with van der Waals surface area (Å²) in [6, 6.07) is 17.0. The number of carboxylic acids is 1. The van der Waals surface area contributed by atoms with Crippen molar-refractivity contribution in [2.24, 2.45) is 17.3 Å². The van der Waals surface area contributed by atoms with Crippen LogP contribution in [-0.4, -0.2) is 60.0 Å². The maximum absolute atomic E-state index is 13.4. The van der Waals surface area contributed by atoms with Gasteiger partial charge in [0.1, 0.15) is 11.6 Å². The molecule has 1 amide bonds. The summed E-state index contributed by atoms with van der Waals surface area (Å²) in [6.07, 6.45) is -1.85. The van der Waals surface area contributed by atoms with Crippen molar-refractivity contribution in [3.05, 3.63) is 71.5 Å². The number of aliphatic carboxylic acids is 1. The van der Waals surface area contributed by atoms with Gasteiger partial charge in [-0.05, 0) is 67.4 Å². The predicted octanol–water partition coefficient (Wildman–Crippen LogP) is 5.15. The highest BCUT2D eigenvalue weighted by Crippen LogP contribution is 2.49. The third-order valence-electron chi connectivity index (χ3n) is 8.40. The molecule has 2 saturated heterocycles. The third kappa shape index (κ3) is 6.89. The Hall–Kier alpha value is -3.27. The van der Waals surface area contributed by atoms with E-state index in [1.807, 2.05) is 30.3 Å². The molecule has 3 aliphatic rings. The summed E-state index contributed by atoms with van der Waals surface area (Å²) < 4.78 is 45.1. The molecule has 1 aliphatic carbocycles. The molecule has 6 nitrogen and oxygen atoms in total. The normalized spacial score (nSPS) is 24.5. The lowest BCUT2D eigenvalue weighted by molar-refractivity contribution is -0.192. The van der Waals surface area contributed by atoms with Crippen LogP contribution in [-0.2, 0) is 14.4 Å². The Morgan fingerprint density at radius 2 is 1.65 bits per heavy atom. The van der Waals surface area contributed by atoms with Gasteiger partial charge < -0.3 is 15.3 Å². The van der Waals surface area contributed by atoms with Gasteiger partial charge in [-0.25, -0.2) is 9.18 Å². The van der Waals surface area contributed by atoms with Gasteiger partial charge in [-0.15, -0.1) is 0 Å². The number of ketones is 1. The Morgan fingerprint density at radius 1 is 1.05 bits per heavy atom. The molecule has 1 saturated carbocycles. The summed E-state index contributed by atoms with van der Waals surface area (Å²) >= 11 is 0. The van der Waals surface area contributed by atoms with Crippen LogP contribution < -0.4 is 5.32 Å². The van der Waals surface area contributed by atoms with Crippen LogP contribution in [0.2, 0.25) is 0 Å². The number of carbonyl (C=O) groups is 3. The molecule has 0 aromatic heterocycles. The zero-order valence-electron chi connectivity index (χ0n) is 22.3. The second-order valence-corrected chi connectivity index (χ2v) is 11.2. The number of benzene rings is 2. The van der Waals surface area contributed by atoms with Crippen LogP contribution in [0.5, 0.6) is 0 Å². The second kappa shape index (κ2) is 12.1. The number of alkyl halides is 3. The summed E-state index contributed by atoms with van der Waals surface area (Å²) in [6.45, 7) is 5.41. The Morgan fingerprint density at radius 3 is 2.23 bits per heavy atom. The average molecular weight is 563 g/mol. The molecule has 10 heteroatoms. The van der Waals surface area contributed by atoms with Crippen molar-refractivity contribution in [3.63, 3.8) is 0 Å². The number of amides is 1. The standard InChI is InChI=1S/C28H33FN2O2.C2HF3O2/c1-19(15-26(32)24-16-23(24)20-5-3-2-4-6-20)18-31-13-11-28(12-14-31)25(17-30-27(28)33)21-7-9-22(29)10-8-21;3-2(4,5)1(6)7/h2-10,19,23-25H,11-18H2,1H3,(H,30,33);(H,6,7)/t19-,23+,24?,25?;/m1./s1. The van der Waals surface area contributed by atoms with E-state index in [4.69, 9.17) is 9.90 Å². The fraction of sp³-hybridized carbons (Fsp3) is 0.500. The number of piperidine rings is 1. The summed E-state index contributed by atoms with van der Waals surface area (Å²) in [7, 11) is 0. The summed E-state index contributed by atoms with van der Waals surface area (Å²) in [5, 5.41) is 10.2. The van der Waals surface area contributed by atoms with Crippen LogP contribution >= 0.6 is 0 Å². The number of nitrogens with zero attached hydrogens (tertiary/aromatic N) is 1. The van der Waals surface area contributed by atoms with E-state index in [0.29, 0.717) is 30.6 Å². The summed E-state index contributed by atoms with van der Waals surface area (Å²) in [4.78, 5) is 37.0. The molecule has 2 aliphatic heterocycles. The lowest BCUT2D eigenvalue weighted by atomic mass is 9.68. The highest BCUT2D eigenvalue weighted by atomic mass is 19.4. The minimum atomic E-state index is -5.08. The van der Waals surface area contributed by atoms with Crippen LogP contribution in [0.1, 0.15) is 55.6 Å². The van der Waals surface area contributed by atoms with Gasteiger partial charge in [0, 0.05) is 31.3 Å². The van der Waals surface area contributed by atoms with Gasteiger partial charge in [-0.1, -0.05) is 49.4 Å². The van der Waals surface area contributed by atoms with E-state index in [9.17, 15) is 27.2 Å². The maximum atomic E-state index is 13.4. The minimum Gasteiger partial charge on any atom is -0.475 e. The Labute approximate surface area is 230 Å². The number of hydrogen-bond donors (Lipinski definition) is 2. The van der Waals surface area contributed by atoms with Gasteiger partial charge in [0.15, 0.2) is 0 Å². The van der Waals surface area contributed by atoms with E-state index in [1.54, 1.807) is 0 Å². The molecule has 2 unspecified atom stereocenters. The highest BCUT2D eigenvalue weighted by Gasteiger charge is 2.52. The van der Waals surface area contributed by atoms with E-state index < -0.39 is 17.6 Å². The molecular formula is C30H34F4N2O4. The number of halogens is 4. The van der Waals surface area contributed by atoms with Crippen molar-refractivity contribution >= 4 is 17.7 Å². The van der Waals surface area contributed by atoms with Crippen LogP contribution in [0.3, 0.4) is 0 Å². The first-order valence-electron chi connectivity index (χ1n) is 13.5. The smallest absolute Gasteiger partial charge is 0.475 e. The molecule has 2 aromatic carbocycles. The van der Waals surface area contributed by atoms with Crippen molar-refractivity contribution in [3.8, 4) is 0 Å². The van der Waals surface area contributed by atoms with Gasteiger partial charge >= 0.3 is 12.1 Å². The summed E-state index contributed by atoms with van der Waals surface area (Å²) in [5.74, 6) is -1.46. The van der Waals surface area contributed by atoms with Gasteiger partial charge in [0.25, 0.3) is 0 Å². The molecule has 3 fully saturated rings. The largest absolute Gasteiger partial charge is 0.490 e. The first kappa shape index (κ1) is 29.7. The van der Waals surface area contributed by atoms with E-state index in [-0.39, 0.29) is 23.6 Å². The molecule has 2 aromatic rings. The number of hydrogen-bond acceptors (Lipinski definition) is 4. The van der Waals surface area contributed by atoms with Crippen LogP contribution in [0.4, 0.5) is 17.6 Å². The quantitative estimate of drug-likeness (QED) is 0.456. The third-order valence-corrected chi connectivity index (χ3v) is 8.40. The van der Waals surface area contributed by atoms with Crippen molar-refractivity contribution in [1.82, 2.24) is 10.2 Å². The molecule has 0 bridgehead atoms. The molecule has 216 valence electrons. The van der Waals surface area contributed by atoms with E-state index in [1.165, 1.54) is 17.7 Å². The topological polar surface area (TPSA) is 86.7 Å². The number of carboxylic acid groups (broad SMARTS) is 1.